The summed E-state index contributed by atoms with van der Waals surface area (Å²) in [5.41, 5.74) is 0.489. The highest BCUT2D eigenvalue weighted by molar-refractivity contribution is 7.86. The van der Waals surface area contributed by atoms with E-state index in [0.29, 0.717) is 5.69 Å². The molecule has 0 spiro atoms. The summed E-state index contributed by atoms with van der Waals surface area (Å²) >= 11 is 0. The minimum atomic E-state index is -1.90. The molecule has 0 aromatic heterocycles. The molecule has 3 rings (SSSR count). The molecule has 2 aromatic carbocycles. The summed E-state index contributed by atoms with van der Waals surface area (Å²) in [5, 5.41) is 5.45. The first-order valence-corrected chi connectivity index (χ1v) is 13.0. The maximum Gasteiger partial charge on any atom is 0.243 e. The van der Waals surface area contributed by atoms with E-state index in [1.165, 1.54) is 49.4 Å². The van der Waals surface area contributed by atoms with Gasteiger partial charge in [-0.15, -0.1) is 0 Å². The van der Waals surface area contributed by atoms with Crippen LogP contribution < -0.4 is 15.5 Å². The molecule has 0 saturated heterocycles. The molecule has 188 valence electrons. The Labute approximate surface area is 205 Å². The number of halogens is 2. The number of carbonyl (C=O) groups is 3. The second kappa shape index (κ2) is 12.5. The molecule has 3 amide bonds. The van der Waals surface area contributed by atoms with Crippen LogP contribution in [0.1, 0.15) is 39.0 Å². The summed E-state index contributed by atoms with van der Waals surface area (Å²) in [6.07, 6.45) is 4.88. The van der Waals surface area contributed by atoms with Crippen molar-refractivity contribution in [3.63, 3.8) is 0 Å². The molecule has 1 saturated carbocycles. The second-order valence-electron chi connectivity index (χ2n) is 8.55. The quantitative estimate of drug-likeness (QED) is 0.545. The van der Waals surface area contributed by atoms with Gasteiger partial charge in [0, 0.05) is 28.2 Å². The lowest BCUT2D eigenvalue weighted by atomic mass is 9.95. The van der Waals surface area contributed by atoms with Gasteiger partial charge in [0.15, 0.2) is 0 Å². The number of benzene rings is 2. The van der Waals surface area contributed by atoms with Crippen molar-refractivity contribution in [1.82, 2.24) is 5.32 Å². The summed E-state index contributed by atoms with van der Waals surface area (Å²) < 4.78 is 39.5. The molecule has 1 aliphatic carbocycles. The predicted octanol–water partition coefficient (Wildman–Crippen LogP) is 3.52. The third kappa shape index (κ3) is 7.95. The average Bonchev–Trinajstić information content (AvgIpc) is 2.81. The van der Waals surface area contributed by atoms with Crippen LogP contribution in [0.2, 0.25) is 0 Å². The highest BCUT2D eigenvalue weighted by Crippen LogP contribution is 2.21. The molecule has 1 aliphatic rings. The number of hydrogen-bond donors (Lipinski definition) is 2. The number of anilines is 2. The van der Waals surface area contributed by atoms with Crippen LogP contribution in [0.4, 0.5) is 20.2 Å². The van der Waals surface area contributed by atoms with Crippen LogP contribution in [0.3, 0.4) is 0 Å². The summed E-state index contributed by atoms with van der Waals surface area (Å²) in [5.74, 6) is -3.71. The van der Waals surface area contributed by atoms with E-state index < -0.39 is 51.8 Å². The Morgan fingerprint density at radius 2 is 1.69 bits per heavy atom. The molecule has 35 heavy (non-hydrogen) atoms. The number of nitrogens with one attached hydrogen (secondary N) is 2. The van der Waals surface area contributed by atoms with Crippen molar-refractivity contribution in [2.24, 2.45) is 0 Å². The molecule has 0 unspecified atom stereocenters. The highest BCUT2D eigenvalue weighted by Gasteiger charge is 2.30. The monoisotopic (exact) mass is 505 g/mol. The summed E-state index contributed by atoms with van der Waals surface area (Å²) in [6.45, 7) is 1.53. The van der Waals surface area contributed by atoms with Gasteiger partial charge in [-0.3, -0.25) is 23.5 Å². The average molecular weight is 506 g/mol. The first-order valence-electron chi connectivity index (χ1n) is 11.5. The van der Waals surface area contributed by atoms with Crippen molar-refractivity contribution < 1.29 is 27.4 Å². The van der Waals surface area contributed by atoms with E-state index in [1.807, 2.05) is 0 Å². The standard InChI is InChI=1S/C25H29F2N3O4S/c1-17(25(33)29-20-7-3-2-4-8-20)30(22-9-5-6-19(27)14-22)24(32)16-35(34)15-23(31)28-21-12-10-18(26)11-13-21/h5-6,9-14,17,20H,2-4,7-8,15-16H2,1H3,(H,28,31)(H,29,33)/t17-,35+/m1/s1. The fourth-order valence-corrected chi connectivity index (χ4v) is 4.91. The maximum atomic E-state index is 13.9. The first kappa shape index (κ1) is 26.5. The zero-order chi connectivity index (χ0) is 25.4. The minimum absolute atomic E-state index is 0.0208. The molecular weight excluding hydrogens is 476 g/mol. The van der Waals surface area contributed by atoms with E-state index in [9.17, 15) is 27.4 Å². The Kier molecular flexibility index (Phi) is 9.47. The number of rotatable bonds is 9. The molecular formula is C25H29F2N3O4S. The molecule has 7 nitrogen and oxygen atoms in total. The molecule has 2 aromatic rings. The van der Waals surface area contributed by atoms with Crippen LogP contribution in [-0.4, -0.2) is 45.5 Å². The number of carbonyl (C=O) groups excluding carboxylic acids is 3. The van der Waals surface area contributed by atoms with Gasteiger partial charge in [-0.1, -0.05) is 25.3 Å². The van der Waals surface area contributed by atoms with Gasteiger partial charge in [-0.2, -0.15) is 0 Å². The van der Waals surface area contributed by atoms with Gasteiger partial charge < -0.3 is 10.6 Å². The SMILES string of the molecule is C[C@H](C(=O)NC1CCCCC1)N(C(=O)C[S@@](=O)CC(=O)Nc1ccc(F)cc1)c1cccc(F)c1. The van der Waals surface area contributed by atoms with Crippen molar-refractivity contribution in [3.05, 3.63) is 60.2 Å². The smallest absolute Gasteiger partial charge is 0.243 e. The third-order valence-electron chi connectivity index (χ3n) is 5.78. The van der Waals surface area contributed by atoms with Crippen molar-refractivity contribution >= 4 is 39.9 Å². The van der Waals surface area contributed by atoms with E-state index in [1.54, 1.807) is 0 Å². The van der Waals surface area contributed by atoms with Crippen molar-refractivity contribution in [1.29, 1.82) is 0 Å². The Hall–Kier alpha value is -3.14. The minimum Gasteiger partial charge on any atom is -0.352 e. The van der Waals surface area contributed by atoms with Crippen LogP contribution in [-0.2, 0) is 25.2 Å². The number of amides is 3. The lowest BCUT2D eigenvalue weighted by Gasteiger charge is -2.31. The van der Waals surface area contributed by atoms with Crippen LogP contribution in [0, 0.1) is 11.6 Å². The molecule has 1 fully saturated rings. The summed E-state index contributed by atoms with van der Waals surface area (Å²) in [7, 11) is -1.90. The van der Waals surface area contributed by atoms with Crippen LogP contribution in [0.25, 0.3) is 0 Å². The maximum absolute atomic E-state index is 13.9. The Balaban J connectivity index is 1.67. The lowest BCUT2D eigenvalue weighted by Crippen LogP contribution is -2.52. The van der Waals surface area contributed by atoms with Gasteiger partial charge in [-0.05, 0) is 62.2 Å². The first-order chi connectivity index (χ1) is 16.7. The largest absolute Gasteiger partial charge is 0.352 e. The van der Waals surface area contributed by atoms with E-state index in [2.05, 4.69) is 10.6 Å². The fraction of sp³-hybridized carbons (Fsp3) is 0.400. The van der Waals surface area contributed by atoms with Crippen molar-refractivity contribution in [2.75, 3.05) is 21.7 Å². The number of hydrogen-bond acceptors (Lipinski definition) is 4. The third-order valence-corrected chi connectivity index (χ3v) is 6.93. The van der Waals surface area contributed by atoms with Crippen LogP contribution in [0.15, 0.2) is 48.5 Å². The lowest BCUT2D eigenvalue weighted by molar-refractivity contribution is -0.126. The Morgan fingerprint density at radius 3 is 2.34 bits per heavy atom. The van der Waals surface area contributed by atoms with Gasteiger partial charge in [-0.25, -0.2) is 8.78 Å². The zero-order valence-corrected chi connectivity index (χ0v) is 20.3. The molecule has 2 atom stereocenters. The van der Waals surface area contributed by atoms with E-state index in [0.717, 1.165) is 43.1 Å². The normalized spacial score (nSPS) is 15.6. The number of nitrogens with zero attached hydrogens (tertiary/aromatic N) is 1. The van der Waals surface area contributed by atoms with Crippen molar-refractivity contribution in [3.8, 4) is 0 Å². The molecule has 0 bridgehead atoms. The fourth-order valence-electron chi connectivity index (χ4n) is 4.03. The van der Waals surface area contributed by atoms with Crippen LogP contribution in [0.5, 0.6) is 0 Å². The van der Waals surface area contributed by atoms with Gasteiger partial charge in [0.05, 0.1) is 0 Å². The molecule has 2 N–H and O–H groups in total. The van der Waals surface area contributed by atoms with Gasteiger partial charge in [0.25, 0.3) is 0 Å². The van der Waals surface area contributed by atoms with E-state index in [-0.39, 0.29) is 17.6 Å². The molecule has 10 heteroatoms. The Bertz CT molecular complexity index is 1070. The molecule has 0 radical (unpaired) electrons. The second-order valence-corrected chi connectivity index (χ2v) is 10.0. The predicted molar refractivity (Wildman–Crippen MR) is 131 cm³/mol. The van der Waals surface area contributed by atoms with E-state index >= 15 is 0 Å². The Morgan fingerprint density at radius 1 is 1.00 bits per heavy atom. The summed E-state index contributed by atoms with van der Waals surface area (Å²) in [4.78, 5) is 39.4. The summed E-state index contributed by atoms with van der Waals surface area (Å²) in [6, 6.07) is 9.38. The molecule has 0 heterocycles. The molecule has 0 aliphatic heterocycles. The van der Waals surface area contributed by atoms with Gasteiger partial charge >= 0.3 is 0 Å². The highest BCUT2D eigenvalue weighted by atomic mass is 32.2. The van der Waals surface area contributed by atoms with Crippen LogP contribution >= 0.6 is 0 Å². The topological polar surface area (TPSA) is 95.6 Å². The zero-order valence-electron chi connectivity index (χ0n) is 19.5. The van der Waals surface area contributed by atoms with E-state index in [4.69, 9.17) is 0 Å². The van der Waals surface area contributed by atoms with Crippen molar-refractivity contribution in [2.45, 2.75) is 51.1 Å². The van der Waals surface area contributed by atoms with Gasteiger partial charge in [0.1, 0.15) is 29.2 Å². The van der Waals surface area contributed by atoms with Gasteiger partial charge in [0.2, 0.25) is 17.7 Å².